The molecule has 0 unspecified atom stereocenters. The van der Waals surface area contributed by atoms with Crippen LogP contribution in [-0.2, 0) is 9.53 Å². The number of nitrogens with one attached hydrogen (secondary N) is 2. The molecule has 2 aliphatic heterocycles. The Kier molecular flexibility index (Phi) is 13.5. The van der Waals surface area contributed by atoms with Gasteiger partial charge in [-0.15, -0.1) is 24.0 Å². The molecule has 2 heterocycles. The molecule has 0 aromatic heterocycles. The lowest BCUT2D eigenvalue weighted by atomic mass is 10.0. The first kappa shape index (κ1) is 27.1. The maximum atomic E-state index is 12.0. The number of hydrogen-bond donors (Lipinski definition) is 2. The number of halogens is 1. The molecule has 30 heavy (non-hydrogen) atoms. The summed E-state index contributed by atoms with van der Waals surface area (Å²) in [7, 11) is 3.52. The third kappa shape index (κ3) is 10.9. The Morgan fingerprint density at radius 3 is 2.43 bits per heavy atom. The highest BCUT2D eigenvalue weighted by molar-refractivity contribution is 14.0. The minimum atomic E-state index is 0. The monoisotopic (exact) mass is 536 g/mol. The molecular weight excluding hydrogens is 495 g/mol. The lowest BCUT2D eigenvalue weighted by Gasteiger charge is -2.33. The van der Waals surface area contributed by atoms with Crippen LogP contribution in [0.4, 0.5) is 0 Å². The molecule has 8 nitrogen and oxygen atoms in total. The molecule has 2 N–H and O–H groups in total. The average Bonchev–Trinajstić information content (AvgIpc) is 2.70. The Hall–Kier alpha value is -0.910. The normalized spacial score (nSPS) is 19.1. The van der Waals surface area contributed by atoms with E-state index in [-0.39, 0.29) is 36.4 Å². The van der Waals surface area contributed by atoms with E-state index < -0.39 is 0 Å². The number of nitrogens with zero attached hydrogens (tertiary/aromatic N) is 4. The highest BCUT2D eigenvalue weighted by Gasteiger charge is 2.20. The fraction of sp³-hybridized carbons (Fsp3) is 0.810. The van der Waals surface area contributed by atoms with Gasteiger partial charge in [0.15, 0.2) is 5.96 Å². The van der Waals surface area contributed by atoms with E-state index in [1.165, 1.54) is 5.57 Å². The minimum Gasteiger partial charge on any atom is -0.379 e. The predicted octanol–water partition coefficient (Wildman–Crippen LogP) is 0.991. The van der Waals surface area contributed by atoms with Crippen LogP contribution in [0.1, 0.15) is 26.2 Å². The van der Waals surface area contributed by atoms with Crippen molar-refractivity contribution < 1.29 is 9.53 Å². The lowest BCUT2D eigenvalue weighted by molar-refractivity contribution is -0.127. The van der Waals surface area contributed by atoms with Crippen LogP contribution in [0, 0.1) is 0 Å². The molecule has 9 heteroatoms. The molecule has 0 bridgehead atoms. The summed E-state index contributed by atoms with van der Waals surface area (Å²) in [5.41, 5.74) is 1.21. The first-order chi connectivity index (χ1) is 13.9. The topological polar surface area (TPSA) is 72.4 Å². The van der Waals surface area contributed by atoms with Crippen LogP contribution in [0.15, 0.2) is 17.1 Å². The molecule has 0 aromatic carbocycles. The molecular formula is C21H41IN6O2. The summed E-state index contributed by atoms with van der Waals surface area (Å²) in [6.07, 6.45) is 3.19. The van der Waals surface area contributed by atoms with E-state index in [0.29, 0.717) is 6.04 Å². The Morgan fingerprint density at radius 1 is 1.17 bits per heavy atom. The van der Waals surface area contributed by atoms with Crippen LogP contribution in [0.2, 0.25) is 0 Å². The standard InChI is InChI=1S/C21H40N6O2.HI/c1-18(2)17-27-10-6-19(7-11-27)24-21(23-16-20(28)25(3)4)22-8-5-9-26-12-14-29-15-13-26;/h19H,1,5-17H2,2-4H3,(H2,22,23,24);1H. The van der Waals surface area contributed by atoms with E-state index in [4.69, 9.17) is 4.74 Å². The van der Waals surface area contributed by atoms with Crippen molar-refractivity contribution in [1.82, 2.24) is 25.3 Å². The summed E-state index contributed by atoms with van der Waals surface area (Å²) < 4.78 is 5.40. The van der Waals surface area contributed by atoms with Crippen molar-refractivity contribution in [2.24, 2.45) is 4.99 Å². The molecule has 174 valence electrons. The van der Waals surface area contributed by atoms with Gasteiger partial charge in [-0.25, -0.2) is 4.99 Å². The van der Waals surface area contributed by atoms with Crippen LogP contribution in [0.3, 0.4) is 0 Å². The quantitative estimate of drug-likeness (QED) is 0.151. The van der Waals surface area contributed by atoms with Crippen molar-refractivity contribution in [1.29, 1.82) is 0 Å². The number of guanidine groups is 1. The Bertz CT molecular complexity index is 544. The summed E-state index contributed by atoms with van der Waals surface area (Å²) in [5, 5.41) is 6.97. The Morgan fingerprint density at radius 2 is 1.83 bits per heavy atom. The summed E-state index contributed by atoms with van der Waals surface area (Å²) in [6.45, 7) is 14.9. The van der Waals surface area contributed by atoms with Crippen LogP contribution in [0.5, 0.6) is 0 Å². The second-order valence-corrected chi connectivity index (χ2v) is 8.34. The van der Waals surface area contributed by atoms with Crippen LogP contribution in [0.25, 0.3) is 0 Å². The van der Waals surface area contributed by atoms with Gasteiger partial charge in [-0.05, 0) is 32.7 Å². The van der Waals surface area contributed by atoms with Gasteiger partial charge >= 0.3 is 0 Å². The number of carbonyl (C=O) groups is 1. The maximum absolute atomic E-state index is 12.0. The number of rotatable bonds is 9. The third-order valence-electron chi connectivity index (χ3n) is 5.34. The van der Waals surface area contributed by atoms with Gasteiger partial charge in [-0.1, -0.05) is 12.2 Å². The highest BCUT2D eigenvalue weighted by Crippen LogP contribution is 2.11. The number of aliphatic imine (C=N–C) groups is 1. The fourth-order valence-corrected chi connectivity index (χ4v) is 3.59. The van der Waals surface area contributed by atoms with Gasteiger partial charge < -0.3 is 20.3 Å². The molecule has 2 saturated heterocycles. The summed E-state index contributed by atoms with van der Waals surface area (Å²) in [6, 6.07) is 0.385. The number of likely N-dealkylation sites (N-methyl/N-ethyl adjacent to an activating group) is 1. The highest BCUT2D eigenvalue weighted by atomic mass is 127. The smallest absolute Gasteiger partial charge is 0.243 e. The second kappa shape index (κ2) is 15.0. The van der Waals surface area contributed by atoms with Crippen molar-refractivity contribution in [2.45, 2.75) is 32.2 Å². The van der Waals surface area contributed by atoms with Crippen molar-refractivity contribution >= 4 is 35.8 Å². The molecule has 1 amide bonds. The molecule has 0 saturated carbocycles. The summed E-state index contributed by atoms with van der Waals surface area (Å²) >= 11 is 0. The molecule has 0 spiro atoms. The zero-order valence-corrected chi connectivity index (χ0v) is 21.3. The van der Waals surface area contributed by atoms with E-state index in [2.05, 4.69) is 38.9 Å². The molecule has 2 aliphatic rings. The van der Waals surface area contributed by atoms with E-state index >= 15 is 0 Å². The second-order valence-electron chi connectivity index (χ2n) is 8.34. The molecule has 0 radical (unpaired) electrons. The van der Waals surface area contributed by atoms with E-state index in [9.17, 15) is 4.79 Å². The van der Waals surface area contributed by atoms with E-state index in [1.807, 2.05) is 0 Å². The fourth-order valence-electron chi connectivity index (χ4n) is 3.59. The van der Waals surface area contributed by atoms with Crippen molar-refractivity contribution in [3.63, 3.8) is 0 Å². The number of amides is 1. The van der Waals surface area contributed by atoms with Gasteiger partial charge in [0.25, 0.3) is 0 Å². The molecule has 0 atom stereocenters. The largest absolute Gasteiger partial charge is 0.379 e. The van der Waals surface area contributed by atoms with Gasteiger partial charge in [0.05, 0.1) is 13.2 Å². The predicted molar refractivity (Wildman–Crippen MR) is 134 cm³/mol. The van der Waals surface area contributed by atoms with Crippen LogP contribution >= 0.6 is 24.0 Å². The van der Waals surface area contributed by atoms with Crippen LogP contribution in [-0.4, -0.2) is 112 Å². The molecule has 0 aromatic rings. The van der Waals surface area contributed by atoms with Crippen molar-refractivity contribution in [3.05, 3.63) is 12.2 Å². The van der Waals surface area contributed by atoms with Crippen LogP contribution < -0.4 is 10.6 Å². The van der Waals surface area contributed by atoms with E-state index in [1.54, 1.807) is 19.0 Å². The minimum absolute atomic E-state index is 0. The van der Waals surface area contributed by atoms with Gasteiger partial charge in [0.1, 0.15) is 6.54 Å². The third-order valence-corrected chi connectivity index (χ3v) is 5.34. The number of carbonyl (C=O) groups excluding carboxylic acids is 1. The number of hydrogen-bond acceptors (Lipinski definition) is 5. The maximum Gasteiger partial charge on any atom is 0.243 e. The molecule has 2 rings (SSSR count). The van der Waals surface area contributed by atoms with Crippen molar-refractivity contribution in [3.8, 4) is 0 Å². The van der Waals surface area contributed by atoms with Gasteiger partial charge in [0, 0.05) is 59.4 Å². The number of morpholine rings is 1. The zero-order valence-electron chi connectivity index (χ0n) is 19.0. The lowest BCUT2D eigenvalue weighted by Crippen LogP contribution is -2.49. The summed E-state index contributed by atoms with van der Waals surface area (Å²) in [4.78, 5) is 22.9. The SMILES string of the molecule is C=C(C)CN1CCC(NC(=NCC(=O)N(C)C)NCCCN2CCOCC2)CC1.I. The summed E-state index contributed by atoms with van der Waals surface area (Å²) in [5.74, 6) is 0.760. The Balaban J connectivity index is 0.00000450. The Labute approximate surface area is 199 Å². The van der Waals surface area contributed by atoms with Crippen molar-refractivity contribution in [2.75, 3.05) is 79.7 Å². The first-order valence-corrected chi connectivity index (χ1v) is 10.9. The number of ether oxygens (including phenoxy) is 1. The average molecular weight is 537 g/mol. The van der Waals surface area contributed by atoms with Gasteiger partial charge in [-0.2, -0.15) is 0 Å². The number of piperidine rings is 1. The van der Waals surface area contributed by atoms with Gasteiger partial charge in [0.2, 0.25) is 5.91 Å². The first-order valence-electron chi connectivity index (χ1n) is 10.9. The van der Waals surface area contributed by atoms with E-state index in [0.717, 1.165) is 84.2 Å². The number of likely N-dealkylation sites (tertiary alicyclic amines) is 1. The molecule has 0 aliphatic carbocycles. The molecule has 2 fully saturated rings. The zero-order chi connectivity index (χ0) is 21.1. The van der Waals surface area contributed by atoms with Gasteiger partial charge in [-0.3, -0.25) is 14.6 Å².